The van der Waals surface area contributed by atoms with E-state index in [1.807, 2.05) is 30.3 Å². The number of carbonyl (C=O) groups is 3. The maximum Gasteiger partial charge on any atom is 0.407 e. The molecule has 0 aromatic heterocycles. The Morgan fingerprint density at radius 1 is 0.978 bits per heavy atom. The van der Waals surface area contributed by atoms with Crippen molar-refractivity contribution >= 4 is 45.0 Å². The molecule has 238 valence electrons. The highest BCUT2D eigenvalue weighted by atomic mass is 35.5. The molecule has 2 aliphatic rings. The number of benzene rings is 3. The normalized spacial score (nSPS) is 19.9. The highest BCUT2D eigenvalue weighted by Crippen LogP contribution is 2.41. The lowest BCUT2D eigenvalue weighted by Crippen LogP contribution is -2.56. The predicted octanol–water partition coefficient (Wildman–Crippen LogP) is 5.27. The maximum absolute atomic E-state index is 13.9. The molecular formula is C31H29ClF3N3O6S. The largest absolute Gasteiger partial charge is 0.453 e. The molecule has 2 fully saturated rings. The van der Waals surface area contributed by atoms with Crippen LogP contribution in [0.3, 0.4) is 0 Å². The molecule has 2 bridgehead atoms. The number of rotatable bonds is 8. The molecular weight excluding hydrogens is 635 g/mol. The topological polar surface area (TPSA) is 122 Å². The zero-order valence-corrected chi connectivity index (χ0v) is 25.5. The Morgan fingerprint density at radius 3 is 2.20 bits per heavy atom. The molecule has 0 saturated carbocycles. The number of nitrogens with zero attached hydrogens (tertiary/aromatic N) is 1. The number of hydrogen-bond donors (Lipinski definition) is 2. The van der Waals surface area contributed by atoms with Gasteiger partial charge in [0.05, 0.1) is 22.3 Å². The van der Waals surface area contributed by atoms with Crippen molar-refractivity contribution in [2.45, 2.75) is 60.4 Å². The van der Waals surface area contributed by atoms with E-state index in [0.29, 0.717) is 25.0 Å². The lowest BCUT2D eigenvalue weighted by Gasteiger charge is -2.40. The molecule has 0 spiro atoms. The first kappa shape index (κ1) is 32.3. The van der Waals surface area contributed by atoms with Crippen molar-refractivity contribution < 1.29 is 40.7 Å². The number of alkyl carbamates (subject to hydrolysis) is 1. The van der Waals surface area contributed by atoms with Crippen LogP contribution in [0.25, 0.3) is 0 Å². The minimum atomic E-state index is -4.12. The van der Waals surface area contributed by atoms with E-state index in [0.717, 1.165) is 11.6 Å². The third kappa shape index (κ3) is 6.79. The maximum atomic E-state index is 13.9. The van der Waals surface area contributed by atoms with Crippen molar-refractivity contribution in [2.24, 2.45) is 0 Å². The Kier molecular flexibility index (Phi) is 9.40. The fraction of sp³-hybridized carbons (Fsp3) is 0.323. The molecule has 14 heteroatoms. The second-order valence-electron chi connectivity index (χ2n) is 11.0. The first-order valence-corrected chi connectivity index (χ1v) is 16.0. The lowest BCUT2D eigenvalue weighted by molar-refractivity contribution is -0.137. The molecule has 2 unspecified atom stereocenters. The van der Waals surface area contributed by atoms with Gasteiger partial charge in [-0.05, 0) is 49.4 Å². The van der Waals surface area contributed by atoms with Gasteiger partial charge in [0.2, 0.25) is 5.91 Å². The van der Waals surface area contributed by atoms with Gasteiger partial charge >= 0.3 is 6.09 Å². The van der Waals surface area contributed by atoms with Crippen LogP contribution in [0.5, 0.6) is 0 Å². The second kappa shape index (κ2) is 13.1. The van der Waals surface area contributed by atoms with Gasteiger partial charge in [0.25, 0.3) is 5.91 Å². The SMILES string of the molecule is COC(=O)N[C@@H](Cc1ccccc1)C(=O)N1C2CCC1CC(S(=O)(=O)c1cc(C(=O)Nc3cc(F)c(F)c(F)c3)ccc1Cl)C2. The van der Waals surface area contributed by atoms with E-state index in [2.05, 4.69) is 10.6 Å². The van der Waals surface area contributed by atoms with Gasteiger partial charge in [-0.25, -0.2) is 26.4 Å². The number of nitrogens with one attached hydrogen (secondary N) is 2. The number of fused-ring (bicyclic) bond motifs is 2. The Labute approximate surface area is 262 Å². The van der Waals surface area contributed by atoms with Crippen LogP contribution < -0.4 is 10.6 Å². The van der Waals surface area contributed by atoms with Crippen LogP contribution in [-0.4, -0.2) is 61.7 Å². The number of sulfone groups is 1. The number of piperidine rings is 1. The number of methoxy groups -OCH3 is 1. The van der Waals surface area contributed by atoms with Gasteiger partial charge in [-0.1, -0.05) is 41.9 Å². The molecule has 3 atom stereocenters. The van der Waals surface area contributed by atoms with Crippen LogP contribution in [0.4, 0.5) is 23.7 Å². The van der Waals surface area contributed by atoms with E-state index >= 15 is 0 Å². The van der Waals surface area contributed by atoms with Gasteiger partial charge in [-0.2, -0.15) is 0 Å². The van der Waals surface area contributed by atoms with Gasteiger partial charge < -0.3 is 20.3 Å². The van der Waals surface area contributed by atoms with E-state index in [1.54, 1.807) is 4.90 Å². The summed E-state index contributed by atoms with van der Waals surface area (Å²) in [6, 6.07) is 12.1. The van der Waals surface area contributed by atoms with Crippen molar-refractivity contribution in [3.05, 3.63) is 94.3 Å². The summed E-state index contributed by atoms with van der Waals surface area (Å²) in [5.41, 5.74) is 0.304. The zero-order chi connectivity index (χ0) is 32.5. The molecule has 45 heavy (non-hydrogen) atoms. The van der Waals surface area contributed by atoms with Gasteiger partial charge in [0.15, 0.2) is 27.3 Å². The minimum Gasteiger partial charge on any atom is -0.453 e. The smallest absolute Gasteiger partial charge is 0.407 e. The van der Waals surface area contributed by atoms with Gasteiger partial charge in [-0.15, -0.1) is 0 Å². The van der Waals surface area contributed by atoms with Crippen molar-refractivity contribution in [1.29, 1.82) is 0 Å². The molecule has 5 rings (SSSR count). The molecule has 3 aromatic rings. The fourth-order valence-electron chi connectivity index (χ4n) is 6.04. The molecule has 3 aromatic carbocycles. The van der Waals surface area contributed by atoms with Gasteiger partial charge in [0, 0.05) is 41.9 Å². The molecule has 2 N–H and O–H groups in total. The molecule has 3 amide bonds. The Morgan fingerprint density at radius 2 is 1.60 bits per heavy atom. The van der Waals surface area contributed by atoms with Crippen molar-refractivity contribution in [3.63, 3.8) is 0 Å². The summed E-state index contributed by atoms with van der Waals surface area (Å²) in [6.07, 6.45) is 0.819. The molecule has 2 saturated heterocycles. The van der Waals surface area contributed by atoms with Crippen LogP contribution in [0.1, 0.15) is 41.6 Å². The molecule has 9 nitrogen and oxygen atoms in total. The van der Waals surface area contributed by atoms with Crippen molar-refractivity contribution in [3.8, 4) is 0 Å². The van der Waals surface area contributed by atoms with Crippen LogP contribution in [0.15, 0.2) is 65.6 Å². The summed E-state index contributed by atoms with van der Waals surface area (Å²) in [5, 5.41) is 3.80. The summed E-state index contributed by atoms with van der Waals surface area (Å²) in [4.78, 5) is 40.1. The average Bonchev–Trinajstić information content (AvgIpc) is 3.27. The molecule has 2 heterocycles. The molecule has 0 radical (unpaired) electrons. The van der Waals surface area contributed by atoms with E-state index in [-0.39, 0.29) is 46.3 Å². The Bertz CT molecular complexity index is 1710. The standard InChI is InChI=1S/C31H29ClF3N3O6S/c1-44-31(41)37-26(11-17-5-3-2-4-6-17)30(40)38-20-8-9-21(38)16-22(15-20)45(42,43)27-12-18(7-10-23(27)32)29(39)36-19-13-24(33)28(35)25(34)14-19/h2-7,10,12-14,20-22,26H,8-9,11,15-16H2,1H3,(H,36,39)(H,37,41)/t20?,21?,22?,26-/m0/s1. The van der Waals surface area contributed by atoms with Crippen LogP contribution >= 0.6 is 11.6 Å². The first-order chi connectivity index (χ1) is 21.4. The third-order valence-electron chi connectivity index (χ3n) is 8.18. The summed E-state index contributed by atoms with van der Waals surface area (Å²) in [7, 11) is -2.92. The molecule has 2 aliphatic heterocycles. The summed E-state index contributed by atoms with van der Waals surface area (Å²) < 4.78 is 73.1. The van der Waals surface area contributed by atoms with Gasteiger partial charge in [0.1, 0.15) is 6.04 Å². The number of ether oxygens (including phenoxy) is 1. The van der Waals surface area contributed by atoms with E-state index in [9.17, 15) is 36.0 Å². The van der Waals surface area contributed by atoms with Crippen molar-refractivity contribution in [2.75, 3.05) is 12.4 Å². The first-order valence-electron chi connectivity index (χ1n) is 14.1. The number of amides is 3. The molecule has 0 aliphatic carbocycles. The van der Waals surface area contributed by atoms with E-state index in [4.69, 9.17) is 16.3 Å². The Balaban J connectivity index is 1.34. The number of hydrogen-bond acceptors (Lipinski definition) is 6. The fourth-order valence-corrected chi connectivity index (χ4v) is 8.43. The predicted molar refractivity (Wildman–Crippen MR) is 159 cm³/mol. The lowest BCUT2D eigenvalue weighted by atomic mass is 9.98. The third-order valence-corrected chi connectivity index (χ3v) is 10.8. The summed E-state index contributed by atoms with van der Waals surface area (Å²) in [6.45, 7) is 0. The highest BCUT2D eigenvalue weighted by molar-refractivity contribution is 7.92. The van der Waals surface area contributed by atoms with Gasteiger partial charge in [-0.3, -0.25) is 9.59 Å². The summed E-state index contributed by atoms with van der Waals surface area (Å²) in [5.74, 6) is -5.93. The Hall–Kier alpha value is -4.10. The number of carbonyl (C=O) groups excluding carboxylic acids is 3. The average molecular weight is 664 g/mol. The minimum absolute atomic E-state index is 0.113. The number of halogens is 4. The van der Waals surface area contributed by atoms with Crippen LogP contribution in [-0.2, 0) is 25.8 Å². The quantitative estimate of drug-likeness (QED) is 0.317. The summed E-state index contributed by atoms with van der Waals surface area (Å²) >= 11 is 6.30. The monoisotopic (exact) mass is 663 g/mol. The zero-order valence-electron chi connectivity index (χ0n) is 23.9. The van der Waals surface area contributed by atoms with Crippen LogP contribution in [0, 0.1) is 17.5 Å². The van der Waals surface area contributed by atoms with E-state index in [1.165, 1.54) is 19.2 Å². The van der Waals surface area contributed by atoms with Crippen LogP contribution in [0.2, 0.25) is 5.02 Å². The number of anilines is 1. The van der Waals surface area contributed by atoms with Crippen molar-refractivity contribution in [1.82, 2.24) is 10.2 Å². The highest BCUT2D eigenvalue weighted by Gasteiger charge is 2.49. The van der Waals surface area contributed by atoms with E-state index < -0.39 is 62.7 Å². The second-order valence-corrected chi connectivity index (χ2v) is 13.6.